The first-order chi connectivity index (χ1) is 19.4. The average Bonchev–Trinajstić information content (AvgIpc) is 3.11. The minimum absolute atomic E-state index is 0.0282. The Kier molecular flexibility index (Phi) is 7.96. The molecule has 2 aliphatic rings. The Morgan fingerprint density at radius 1 is 0.850 bits per heavy atom. The second kappa shape index (κ2) is 11.7. The number of ether oxygens (including phenoxy) is 4. The van der Waals surface area contributed by atoms with Crippen LogP contribution in [0.1, 0.15) is 56.7 Å². The number of hydrogen-bond acceptors (Lipinski definition) is 8. The Morgan fingerprint density at radius 3 is 2.25 bits per heavy atom. The van der Waals surface area contributed by atoms with Gasteiger partial charge in [-0.15, -0.1) is 0 Å². The summed E-state index contributed by atoms with van der Waals surface area (Å²) in [6.45, 7) is 6.10. The fraction of sp³-hybridized carbons (Fsp3) is 0.312. The first kappa shape index (κ1) is 27.1. The number of carbonyl (C=O) groups is 2. The highest BCUT2D eigenvalue weighted by Gasteiger charge is 2.36. The predicted octanol–water partition coefficient (Wildman–Crippen LogP) is 6.40. The van der Waals surface area contributed by atoms with Gasteiger partial charge in [-0.2, -0.15) is 0 Å². The summed E-state index contributed by atoms with van der Waals surface area (Å²) in [5, 5.41) is 7.16. The van der Waals surface area contributed by atoms with Crippen molar-refractivity contribution in [3.05, 3.63) is 83.1 Å². The van der Waals surface area contributed by atoms with E-state index < -0.39 is 12.0 Å². The van der Waals surface area contributed by atoms with Gasteiger partial charge in [0, 0.05) is 24.6 Å². The van der Waals surface area contributed by atoms with E-state index >= 15 is 0 Å². The van der Waals surface area contributed by atoms with Gasteiger partial charge in [-0.05, 0) is 73.7 Å². The van der Waals surface area contributed by atoms with Gasteiger partial charge in [-0.1, -0.05) is 24.3 Å². The molecule has 8 heteroatoms. The van der Waals surface area contributed by atoms with Gasteiger partial charge in [0.25, 0.3) is 0 Å². The van der Waals surface area contributed by atoms with Crippen molar-refractivity contribution in [3.63, 3.8) is 0 Å². The van der Waals surface area contributed by atoms with Gasteiger partial charge in [-0.25, -0.2) is 0 Å². The SMILES string of the molecule is CCOc1ccc(C2CC(=O)C3=C(C2)Nc2ccccc2NC3c2ccc(OC(C)=O)c(OCC)c2)cc1OC. The van der Waals surface area contributed by atoms with Gasteiger partial charge >= 0.3 is 5.97 Å². The third-order valence-corrected chi connectivity index (χ3v) is 7.12. The number of rotatable bonds is 8. The first-order valence-corrected chi connectivity index (χ1v) is 13.6. The number of Topliss-reactive ketones (excluding diaryl/α,β-unsaturated/α-hetero) is 1. The number of benzene rings is 3. The molecule has 0 aromatic heterocycles. The second-order valence-corrected chi connectivity index (χ2v) is 9.74. The summed E-state index contributed by atoms with van der Waals surface area (Å²) < 4.78 is 22.4. The van der Waals surface area contributed by atoms with Crippen LogP contribution in [-0.4, -0.2) is 32.1 Å². The molecule has 0 saturated carbocycles. The van der Waals surface area contributed by atoms with Crippen molar-refractivity contribution in [3.8, 4) is 23.0 Å². The molecule has 8 nitrogen and oxygen atoms in total. The molecule has 0 amide bonds. The largest absolute Gasteiger partial charge is 0.493 e. The molecule has 3 aromatic rings. The van der Waals surface area contributed by atoms with Gasteiger partial charge in [0.05, 0.1) is 37.7 Å². The van der Waals surface area contributed by atoms with E-state index in [1.54, 1.807) is 13.2 Å². The summed E-state index contributed by atoms with van der Waals surface area (Å²) in [7, 11) is 1.62. The summed E-state index contributed by atoms with van der Waals surface area (Å²) in [5.74, 6) is 1.74. The van der Waals surface area contributed by atoms with E-state index in [2.05, 4.69) is 10.6 Å². The highest BCUT2D eigenvalue weighted by Crippen LogP contribution is 2.46. The maximum atomic E-state index is 14.0. The minimum Gasteiger partial charge on any atom is -0.493 e. The van der Waals surface area contributed by atoms with Crippen molar-refractivity contribution in [2.45, 2.75) is 45.6 Å². The number of para-hydroxylation sites is 2. The molecule has 2 atom stereocenters. The number of anilines is 2. The number of ketones is 1. The summed E-state index contributed by atoms with van der Waals surface area (Å²) in [6.07, 6.45) is 1.00. The molecule has 208 valence electrons. The first-order valence-electron chi connectivity index (χ1n) is 13.6. The van der Waals surface area contributed by atoms with Crippen molar-refractivity contribution in [1.82, 2.24) is 0 Å². The molecule has 1 aliphatic carbocycles. The Hall–Kier alpha value is -4.46. The third kappa shape index (κ3) is 5.47. The second-order valence-electron chi connectivity index (χ2n) is 9.74. The number of nitrogens with one attached hydrogen (secondary N) is 2. The smallest absolute Gasteiger partial charge is 0.308 e. The molecule has 2 unspecified atom stereocenters. The molecule has 0 bridgehead atoms. The van der Waals surface area contributed by atoms with E-state index in [0.29, 0.717) is 54.6 Å². The highest BCUT2D eigenvalue weighted by atomic mass is 16.6. The molecule has 0 saturated heterocycles. The van der Waals surface area contributed by atoms with Crippen molar-refractivity contribution < 1.29 is 28.5 Å². The summed E-state index contributed by atoms with van der Waals surface area (Å²) in [5.41, 5.74) is 5.20. The number of allylic oxidation sites excluding steroid dienone is 1. The van der Waals surface area contributed by atoms with Gasteiger partial charge < -0.3 is 29.6 Å². The monoisotopic (exact) mass is 542 g/mol. The van der Waals surface area contributed by atoms with Crippen molar-refractivity contribution >= 4 is 23.1 Å². The number of fused-ring (bicyclic) bond motifs is 1. The molecule has 0 fully saturated rings. The number of carbonyl (C=O) groups excluding carboxylic acids is 2. The Morgan fingerprint density at radius 2 is 1.52 bits per heavy atom. The van der Waals surface area contributed by atoms with Crippen LogP contribution >= 0.6 is 0 Å². The molecule has 40 heavy (non-hydrogen) atoms. The van der Waals surface area contributed by atoms with Crippen LogP contribution in [0.2, 0.25) is 0 Å². The highest BCUT2D eigenvalue weighted by molar-refractivity contribution is 6.01. The van der Waals surface area contributed by atoms with Crippen LogP contribution in [0.3, 0.4) is 0 Å². The molecule has 2 N–H and O–H groups in total. The van der Waals surface area contributed by atoms with Crippen molar-refractivity contribution in [2.24, 2.45) is 0 Å². The summed E-state index contributed by atoms with van der Waals surface area (Å²) in [6, 6.07) is 18.8. The Labute approximate surface area is 234 Å². The van der Waals surface area contributed by atoms with Gasteiger partial charge in [0.2, 0.25) is 0 Å². The predicted molar refractivity (Wildman–Crippen MR) is 154 cm³/mol. The zero-order valence-electron chi connectivity index (χ0n) is 23.2. The van der Waals surface area contributed by atoms with E-state index in [4.69, 9.17) is 18.9 Å². The Balaban J connectivity index is 1.56. The molecule has 5 rings (SSSR count). The van der Waals surface area contributed by atoms with E-state index in [1.807, 2.05) is 68.4 Å². The molecular formula is C32H34N2O6. The van der Waals surface area contributed by atoms with Crippen molar-refractivity contribution in [1.29, 1.82) is 0 Å². The fourth-order valence-electron chi connectivity index (χ4n) is 5.40. The van der Waals surface area contributed by atoms with Gasteiger partial charge in [0.15, 0.2) is 28.8 Å². The van der Waals surface area contributed by atoms with E-state index in [-0.39, 0.29) is 11.7 Å². The van der Waals surface area contributed by atoms with Crippen molar-refractivity contribution in [2.75, 3.05) is 31.0 Å². The van der Waals surface area contributed by atoms with Crippen LogP contribution in [0.25, 0.3) is 0 Å². The molecular weight excluding hydrogens is 508 g/mol. The molecule has 1 aliphatic heterocycles. The average molecular weight is 543 g/mol. The number of methoxy groups -OCH3 is 1. The molecule has 3 aromatic carbocycles. The molecule has 1 heterocycles. The summed E-state index contributed by atoms with van der Waals surface area (Å²) >= 11 is 0. The van der Waals surface area contributed by atoms with Crippen LogP contribution < -0.4 is 29.6 Å². The van der Waals surface area contributed by atoms with E-state index in [0.717, 1.165) is 28.2 Å². The zero-order valence-corrected chi connectivity index (χ0v) is 23.2. The maximum Gasteiger partial charge on any atom is 0.308 e. The normalized spacial score (nSPS) is 17.9. The van der Waals surface area contributed by atoms with Gasteiger partial charge in [-0.3, -0.25) is 9.59 Å². The standard InChI is InChI=1S/C32H34N2O6/c1-5-38-27-13-11-20(17-29(27)37-4)22-15-25-31(26(36)16-22)32(34-24-10-8-7-9-23(24)33-25)21-12-14-28(40-19(3)35)30(18-21)39-6-2/h7-14,17-18,22,32-34H,5-6,15-16H2,1-4H3. The lowest BCUT2D eigenvalue weighted by Gasteiger charge is -2.30. The van der Waals surface area contributed by atoms with Crippen LogP contribution in [0.4, 0.5) is 11.4 Å². The van der Waals surface area contributed by atoms with Crippen LogP contribution in [0.5, 0.6) is 23.0 Å². The zero-order chi connectivity index (χ0) is 28.2. The van der Waals surface area contributed by atoms with Gasteiger partial charge in [0.1, 0.15) is 0 Å². The molecule has 0 spiro atoms. The van der Waals surface area contributed by atoms with E-state index in [1.165, 1.54) is 6.92 Å². The van der Waals surface area contributed by atoms with Crippen LogP contribution in [0, 0.1) is 0 Å². The quantitative estimate of drug-likeness (QED) is 0.250. The number of esters is 1. The summed E-state index contributed by atoms with van der Waals surface area (Å²) in [4.78, 5) is 25.6. The molecule has 0 radical (unpaired) electrons. The maximum absolute atomic E-state index is 14.0. The Bertz CT molecular complexity index is 1460. The topological polar surface area (TPSA) is 95.1 Å². The number of hydrogen-bond donors (Lipinski definition) is 2. The fourth-order valence-corrected chi connectivity index (χ4v) is 5.40. The third-order valence-electron chi connectivity index (χ3n) is 7.12. The van der Waals surface area contributed by atoms with Crippen LogP contribution in [0.15, 0.2) is 71.9 Å². The lowest BCUT2D eigenvalue weighted by atomic mass is 9.78. The lowest BCUT2D eigenvalue weighted by molar-refractivity contribution is -0.132. The van der Waals surface area contributed by atoms with Crippen LogP contribution in [-0.2, 0) is 9.59 Å². The minimum atomic E-state index is -0.431. The van der Waals surface area contributed by atoms with E-state index in [9.17, 15) is 9.59 Å². The lowest BCUT2D eigenvalue weighted by Crippen LogP contribution is -2.27.